The standard InChI is InChI=1S/C20H29FN2O5S/c1-4-23(5-2)29(26,27)15-10-11-17(21)16(12-15)20(25)28-13-19(24)22-18-9-7-6-8-14(18)3/h10-12,14,18H,4-9,13H2,1-3H3,(H,22,24)/t14-,18-/m1/s1. The van der Waals surface area contributed by atoms with Crippen LogP contribution in [0, 0.1) is 11.7 Å². The number of benzene rings is 1. The molecule has 0 saturated heterocycles. The molecule has 1 aliphatic rings. The molecule has 9 heteroatoms. The van der Waals surface area contributed by atoms with Gasteiger partial charge in [0.25, 0.3) is 5.91 Å². The van der Waals surface area contributed by atoms with Crippen LogP contribution in [0.1, 0.15) is 56.8 Å². The van der Waals surface area contributed by atoms with Crippen LogP contribution in [0.4, 0.5) is 4.39 Å². The lowest BCUT2D eigenvalue weighted by Crippen LogP contribution is -2.42. The Morgan fingerprint density at radius 2 is 1.86 bits per heavy atom. The zero-order valence-corrected chi connectivity index (χ0v) is 17.9. The molecule has 1 aromatic rings. The lowest BCUT2D eigenvalue weighted by atomic mass is 9.86. The van der Waals surface area contributed by atoms with Crippen LogP contribution in [-0.4, -0.2) is 50.3 Å². The third kappa shape index (κ3) is 5.76. The van der Waals surface area contributed by atoms with Crippen LogP contribution in [0.2, 0.25) is 0 Å². The zero-order valence-electron chi connectivity index (χ0n) is 17.1. The Labute approximate surface area is 171 Å². The van der Waals surface area contributed by atoms with Gasteiger partial charge in [0.05, 0.1) is 10.5 Å². The maximum absolute atomic E-state index is 14.1. The summed E-state index contributed by atoms with van der Waals surface area (Å²) in [7, 11) is -3.85. The lowest BCUT2D eigenvalue weighted by molar-refractivity contribution is -0.125. The minimum absolute atomic E-state index is 0.0363. The van der Waals surface area contributed by atoms with Gasteiger partial charge in [-0.15, -0.1) is 0 Å². The van der Waals surface area contributed by atoms with Crippen LogP contribution in [0.3, 0.4) is 0 Å². The summed E-state index contributed by atoms with van der Waals surface area (Å²) in [6, 6.07) is 3.01. The first-order valence-corrected chi connectivity index (χ1v) is 11.4. The van der Waals surface area contributed by atoms with Crippen molar-refractivity contribution in [3.63, 3.8) is 0 Å². The molecule has 1 saturated carbocycles. The summed E-state index contributed by atoms with van der Waals surface area (Å²) >= 11 is 0. The normalized spacial score (nSPS) is 19.8. The van der Waals surface area contributed by atoms with E-state index >= 15 is 0 Å². The Morgan fingerprint density at radius 3 is 2.48 bits per heavy atom. The number of nitrogens with one attached hydrogen (secondary N) is 1. The predicted octanol–water partition coefficient (Wildman–Crippen LogP) is 2.71. The molecule has 0 radical (unpaired) electrons. The van der Waals surface area contributed by atoms with Crippen molar-refractivity contribution in [1.29, 1.82) is 0 Å². The van der Waals surface area contributed by atoms with Gasteiger partial charge >= 0.3 is 5.97 Å². The Bertz CT molecular complexity index is 839. The van der Waals surface area contributed by atoms with Crippen LogP contribution >= 0.6 is 0 Å². The summed E-state index contributed by atoms with van der Waals surface area (Å²) in [4.78, 5) is 24.2. The molecule has 7 nitrogen and oxygen atoms in total. The fourth-order valence-electron chi connectivity index (χ4n) is 3.52. The molecule has 0 aliphatic heterocycles. The third-order valence-electron chi connectivity index (χ3n) is 5.29. The molecular formula is C20H29FN2O5S. The highest BCUT2D eigenvalue weighted by Gasteiger charge is 2.26. The van der Waals surface area contributed by atoms with Gasteiger partial charge in [-0.05, 0) is 37.0 Å². The van der Waals surface area contributed by atoms with Crippen molar-refractivity contribution < 1.29 is 27.1 Å². The number of carbonyl (C=O) groups excluding carboxylic acids is 2. The van der Waals surface area contributed by atoms with E-state index in [0.29, 0.717) is 5.92 Å². The van der Waals surface area contributed by atoms with E-state index in [4.69, 9.17) is 4.74 Å². The van der Waals surface area contributed by atoms with Crippen molar-refractivity contribution >= 4 is 21.9 Å². The first kappa shape index (κ1) is 23.3. The van der Waals surface area contributed by atoms with Gasteiger partial charge in [-0.1, -0.05) is 33.6 Å². The number of rotatable bonds is 8. The summed E-state index contributed by atoms with van der Waals surface area (Å²) in [5, 5.41) is 2.84. The van der Waals surface area contributed by atoms with Crippen LogP contribution in [-0.2, 0) is 19.6 Å². The first-order chi connectivity index (χ1) is 13.7. The highest BCUT2D eigenvalue weighted by molar-refractivity contribution is 7.89. The molecule has 2 rings (SSSR count). The van der Waals surface area contributed by atoms with Crippen LogP contribution < -0.4 is 5.32 Å². The van der Waals surface area contributed by atoms with Gasteiger partial charge in [0.15, 0.2) is 6.61 Å². The van der Waals surface area contributed by atoms with Crippen LogP contribution in [0.15, 0.2) is 23.1 Å². The Morgan fingerprint density at radius 1 is 1.21 bits per heavy atom. The van der Waals surface area contributed by atoms with Gasteiger partial charge in [-0.2, -0.15) is 4.31 Å². The minimum atomic E-state index is -3.85. The zero-order chi connectivity index (χ0) is 21.6. The molecule has 2 atom stereocenters. The second-order valence-corrected chi connectivity index (χ2v) is 9.18. The average Bonchev–Trinajstić information content (AvgIpc) is 2.69. The van der Waals surface area contributed by atoms with E-state index in [0.717, 1.165) is 43.9 Å². The monoisotopic (exact) mass is 428 g/mol. The van der Waals surface area contributed by atoms with Gasteiger partial charge in [-0.25, -0.2) is 17.6 Å². The number of hydrogen-bond donors (Lipinski definition) is 1. The second kappa shape index (κ2) is 10.2. The molecule has 0 heterocycles. The predicted molar refractivity (Wildman–Crippen MR) is 106 cm³/mol. The van der Waals surface area contributed by atoms with Crippen molar-refractivity contribution in [2.45, 2.75) is 57.4 Å². The van der Waals surface area contributed by atoms with E-state index < -0.39 is 39.9 Å². The Kier molecular flexibility index (Phi) is 8.15. The molecule has 1 aliphatic carbocycles. The number of sulfonamides is 1. The van der Waals surface area contributed by atoms with Crippen molar-refractivity contribution in [2.75, 3.05) is 19.7 Å². The topological polar surface area (TPSA) is 92.8 Å². The summed E-state index contributed by atoms with van der Waals surface area (Å²) in [6.07, 6.45) is 4.08. The largest absolute Gasteiger partial charge is 0.452 e. The van der Waals surface area contributed by atoms with Gasteiger partial charge in [0, 0.05) is 19.1 Å². The van der Waals surface area contributed by atoms with E-state index in [9.17, 15) is 22.4 Å². The van der Waals surface area contributed by atoms with Crippen molar-refractivity contribution in [3.05, 3.63) is 29.6 Å². The van der Waals surface area contributed by atoms with Crippen LogP contribution in [0.25, 0.3) is 0 Å². The molecule has 1 N–H and O–H groups in total. The van der Waals surface area contributed by atoms with Crippen molar-refractivity contribution in [2.24, 2.45) is 5.92 Å². The number of ether oxygens (including phenoxy) is 1. The number of nitrogens with zero attached hydrogens (tertiary/aromatic N) is 1. The molecule has 0 spiro atoms. The fourth-order valence-corrected chi connectivity index (χ4v) is 5.01. The Hall–Kier alpha value is -2.00. The third-order valence-corrected chi connectivity index (χ3v) is 7.34. The van der Waals surface area contributed by atoms with Gasteiger partial charge in [0.2, 0.25) is 10.0 Å². The SMILES string of the molecule is CCN(CC)S(=O)(=O)c1ccc(F)c(C(=O)OCC(=O)N[C@@H]2CCCC[C@H]2C)c1. The summed E-state index contributed by atoms with van der Waals surface area (Å²) in [5.74, 6) is -2.09. The maximum Gasteiger partial charge on any atom is 0.341 e. The van der Waals surface area contributed by atoms with Crippen LogP contribution in [0.5, 0.6) is 0 Å². The number of carbonyl (C=O) groups is 2. The number of hydrogen-bond acceptors (Lipinski definition) is 5. The summed E-state index contributed by atoms with van der Waals surface area (Å²) in [6.45, 7) is 5.38. The van der Waals surface area contributed by atoms with E-state index in [2.05, 4.69) is 12.2 Å². The molecular weight excluding hydrogens is 399 g/mol. The quantitative estimate of drug-likeness (QED) is 0.643. The molecule has 0 unspecified atom stereocenters. The minimum Gasteiger partial charge on any atom is -0.452 e. The lowest BCUT2D eigenvalue weighted by Gasteiger charge is -2.29. The molecule has 29 heavy (non-hydrogen) atoms. The Balaban J connectivity index is 2.06. The fraction of sp³-hybridized carbons (Fsp3) is 0.600. The average molecular weight is 429 g/mol. The second-order valence-electron chi connectivity index (χ2n) is 7.24. The number of esters is 1. The summed E-state index contributed by atoms with van der Waals surface area (Å²) in [5.41, 5.74) is -0.517. The van der Waals surface area contributed by atoms with E-state index in [1.807, 2.05) is 0 Å². The summed E-state index contributed by atoms with van der Waals surface area (Å²) < 4.78 is 45.4. The van der Waals surface area contributed by atoms with Gasteiger partial charge in [0.1, 0.15) is 5.82 Å². The number of amides is 1. The highest BCUT2D eigenvalue weighted by Crippen LogP contribution is 2.24. The molecule has 1 fully saturated rings. The molecule has 0 aromatic heterocycles. The van der Waals surface area contributed by atoms with E-state index in [-0.39, 0.29) is 24.0 Å². The molecule has 1 amide bonds. The smallest absolute Gasteiger partial charge is 0.341 e. The molecule has 1 aromatic carbocycles. The van der Waals surface area contributed by atoms with Gasteiger partial charge in [-0.3, -0.25) is 4.79 Å². The van der Waals surface area contributed by atoms with Crippen molar-refractivity contribution in [3.8, 4) is 0 Å². The van der Waals surface area contributed by atoms with Gasteiger partial charge < -0.3 is 10.1 Å². The van der Waals surface area contributed by atoms with Crippen molar-refractivity contribution in [1.82, 2.24) is 9.62 Å². The van der Waals surface area contributed by atoms with E-state index in [1.54, 1.807) is 13.8 Å². The first-order valence-electron chi connectivity index (χ1n) is 9.96. The highest BCUT2D eigenvalue weighted by atomic mass is 32.2. The molecule has 0 bridgehead atoms. The maximum atomic E-state index is 14.1. The molecule has 162 valence electrons. The number of halogens is 1. The van der Waals surface area contributed by atoms with E-state index in [1.165, 1.54) is 4.31 Å².